The Morgan fingerprint density at radius 3 is 2.25 bits per heavy atom. The highest BCUT2D eigenvalue weighted by Gasteiger charge is 2.28. The predicted octanol–water partition coefficient (Wildman–Crippen LogP) is 4.03. The van der Waals surface area contributed by atoms with Gasteiger partial charge in [-0.05, 0) is 59.9 Å². The molecule has 1 aliphatic heterocycles. The number of pyridine rings is 1. The predicted molar refractivity (Wildman–Crippen MR) is 126 cm³/mol. The zero-order valence-corrected chi connectivity index (χ0v) is 19.0. The molecule has 6 nitrogen and oxygen atoms in total. The van der Waals surface area contributed by atoms with Crippen LogP contribution in [0.3, 0.4) is 0 Å². The number of anilines is 1. The van der Waals surface area contributed by atoms with Gasteiger partial charge in [0.05, 0.1) is 11.4 Å². The first-order chi connectivity index (χ1) is 15.5. The van der Waals surface area contributed by atoms with Gasteiger partial charge >= 0.3 is 0 Å². The van der Waals surface area contributed by atoms with E-state index in [4.69, 9.17) is 0 Å². The highest BCUT2D eigenvalue weighted by atomic mass is 32.2. The average molecular weight is 450 g/mol. The van der Waals surface area contributed by atoms with E-state index >= 15 is 0 Å². The maximum absolute atomic E-state index is 13.4. The van der Waals surface area contributed by atoms with Crippen LogP contribution in [-0.4, -0.2) is 36.5 Å². The van der Waals surface area contributed by atoms with E-state index < -0.39 is 10.0 Å². The minimum Gasteiger partial charge on any atom is -0.330 e. The smallest absolute Gasteiger partial charge is 0.254 e. The number of aryl methyl sites for hydroxylation is 1. The first kappa shape index (κ1) is 22.0. The van der Waals surface area contributed by atoms with Crippen LogP contribution in [0.2, 0.25) is 0 Å². The molecule has 2 aromatic carbocycles. The number of rotatable bonds is 7. The third kappa shape index (κ3) is 4.99. The van der Waals surface area contributed by atoms with Gasteiger partial charge in [-0.25, -0.2) is 8.42 Å². The van der Waals surface area contributed by atoms with E-state index in [9.17, 15) is 13.2 Å². The van der Waals surface area contributed by atoms with Crippen molar-refractivity contribution in [3.8, 4) is 0 Å². The van der Waals surface area contributed by atoms with Crippen LogP contribution in [0.25, 0.3) is 0 Å². The molecule has 1 amide bonds. The molecule has 0 unspecified atom stereocenters. The van der Waals surface area contributed by atoms with Crippen molar-refractivity contribution in [1.82, 2.24) is 9.88 Å². The Bertz CT molecular complexity index is 1160. The van der Waals surface area contributed by atoms with E-state index in [0.29, 0.717) is 37.3 Å². The van der Waals surface area contributed by atoms with Gasteiger partial charge in [0, 0.05) is 37.6 Å². The van der Waals surface area contributed by atoms with Crippen molar-refractivity contribution < 1.29 is 13.2 Å². The number of hydrogen-bond acceptors (Lipinski definition) is 4. The Labute approximate surface area is 189 Å². The lowest BCUT2D eigenvalue weighted by Crippen LogP contribution is -2.30. The fourth-order valence-electron chi connectivity index (χ4n) is 3.89. The molecule has 0 N–H and O–H groups in total. The van der Waals surface area contributed by atoms with E-state index in [1.54, 1.807) is 41.6 Å². The number of amides is 1. The molecule has 1 saturated heterocycles. The van der Waals surface area contributed by atoms with Gasteiger partial charge in [-0.2, -0.15) is 0 Å². The lowest BCUT2D eigenvalue weighted by Gasteiger charge is -2.24. The molecular weight excluding hydrogens is 422 g/mol. The van der Waals surface area contributed by atoms with Crippen LogP contribution in [0.15, 0.2) is 73.1 Å². The summed E-state index contributed by atoms with van der Waals surface area (Å²) in [4.78, 5) is 19.4. The Balaban J connectivity index is 1.57. The minimum absolute atomic E-state index is 0.107. The van der Waals surface area contributed by atoms with Gasteiger partial charge in [0.25, 0.3) is 5.91 Å². The molecule has 0 saturated carbocycles. The van der Waals surface area contributed by atoms with Gasteiger partial charge < -0.3 is 4.90 Å². The third-order valence-corrected chi connectivity index (χ3v) is 7.56. The standard InChI is InChI=1S/C25H27N3O3S/c1-2-20-6-8-21(9-7-20)18-27(19-22-5-3-14-26-17-22)25(29)23-10-12-24(13-11-23)28-15-4-16-32(28,30)31/h3,5-14,17H,2,4,15-16,18-19H2,1H3. The molecule has 0 aliphatic carbocycles. The number of nitrogens with zero attached hydrogens (tertiary/aromatic N) is 3. The first-order valence-electron chi connectivity index (χ1n) is 10.8. The second kappa shape index (κ2) is 9.53. The highest BCUT2D eigenvalue weighted by Crippen LogP contribution is 2.25. The van der Waals surface area contributed by atoms with Crippen molar-refractivity contribution in [2.75, 3.05) is 16.6 Å². The van der Waals surface area contributed by atoms with Gasteiger partial charge in [0.2, 0.25) is 10.0 Å². The van der Waals surface area contributed by atoms with Crippen molar-refractivity contribution in [1.29, 1.82) is 0 Å². The number of benzene rings is 2. The lowest BCUT2D eigenvalue weighted by molar-refractivity contribution is 0.0730. The molecule has 166 valence electrons. The van der Waals surface area contributed by atoms with Crippen LogP contribution in [0, 0.1) is 0 Å². The first-order valence-corrected chi connectivity index (χ1v) is 12.4. The van der Waals surface area contributed by atoms with Crippen molar-refractivity contribution in [2.24, 2.45) is 0 Å². The molecule has 1 aliphatic rings. The Kier molecular flexibility index (Phi) is 6.55. The Morgan fingerprint density at radius 1 is 0.969 bits per heavy atom. The summed E-state index contributed by atoms with van der Waals surface area (Å²) in [6.45, 7) is 3.51. The molecule has 32 heavy (non-hydrogen) atoms. The largest absolute Gasteiger partial charge is 0.330 e. The fraction of sp³-hybridized carbons (Fsp3) is 0.280. The van der Waals surface area contributed by atoms with Crippen molar-refractivity contribution in [2.45, 2.75) is 32.9 Å². The summed E-state index contributed by atoms with van der Waals surface area (Å²) < 4.78 is 25.8. The molecule has 0 atom stereocenters. The van der Waals surface area contributed by atoms with Gasteiger partial charge in [-0.15, -0.1) is 0 Å². The van der Waals surface area contributed by atoms with Crippen LogP contribution in [0.1, 0.15) is 40.4 Å². The lowest BCUT2D eigenvalue weighted by atomic mass is 10.1. The van der Waals surface area contributed by atoms with E-state index in [-0.39, 0.29) is 11.7 Å². The summed E-state index contributed by atoms with van der Waals surface area (Å²) >= 11 is 0. The van der Waals surface area contributed by atoms with Crippen molar-refractivity contribution in [3.63, 3.8) is 0 Å². The molecule has 1 fully saturated rings. The summed E-state index contributed by atoms with van der Waals surface area (Å²) in [7, 11) is -3.25. The summed E-state index contributed by atoms with van der Waals surface area (Å²) in [5.41, 5.74) is 4.39. The van der Waals surface area contributed by atoms with E-state index in [2.05, 4.69) is 36.2 Å². The van der Waals surface area contributed by atoms with Gasteiger partial charge in [0.15, 0.2) is 0 Å². The monoisotopic (exact) mass is 449 g/mol. The maximum Gasteiger partial charge on any atom is 0.254 e. The molecule has 7 heteroatoms. The number of carbonyl (C=O) groups is 1. The Hall–Kier alpha value is -3.19. The molecule has 0 radical (unpaired) electrons. The van der Waals surface area contributed by atoms with Gasteiger partial charge in [0.1, 0.15) is 0 Å². The summed E-state index contributed by atoms with van der Waals surface area (Å²) in [6, 6.07) is 19.0. The second-order valence-electron chi connectivity index (χ2n) is 7.98. The van der Waals surface area contributed by atoms with Crippen LogP contribution in [0.5, 0.6) is 0 Å². The molecule has 1 aromatic heterocycles. The average Bonchev–Trinajstić information content (AvgIpc) is 3.18. The Morgan fingerprint density at radius 2 is 1.66 bits per heavy atom. The molecule has 2 heterocycles. The van der Waals surface area contributed by atoms with E-state index in [0.717, 1.165) is 17.5 Å². The van der Waals surface area contributed by atoms with Crippen LogP contribution < -0.4 is 4.31 Å². The van der Waals surface area contributed by atoms with Crippen molar-refractivity contribution >= 4 is 21.6 Å². The van der Waals surface area contributed by atoms with E-state index in [1.165, 1.54) is 9.87 Å². The summed E-state index contributed by atoms with van der Waals surface area (Å²) in [5.74, 6) is 0.0629. The molecule has 4 rings (SSSR count). The maximum atomic E-state index is 13.4. The SMILES string of the molecule is CCc1ccc(CN(Cc2cccnc2)C(=O)c2ccc(N3CCCS3(=O)=O)cc2)cc1. The highest BCUT2D eigenvalue weighted by molar-refractivity contribution is 7.93. The van der Waals surface area contributed by atoms with Gasteiger partial charge in [-0.1, -0.05) is 37.3 Å². The zero-order chi connectivity index (χ0) is 22.6. The number of hydrogen-bond donors (Lipinski definition) is 0. The topological polar surface area (TPSA) is 70.6 Å². The fourth-order valence-corrected chi connectivity index (χ4v) is 5.46. The van der Waals surface area contributed by atoms with E-state index in [1.807, 2.05) is 12.1 Å². The van der Waals surface area contributed by atoms with Crippen LogP contribution >= 0.6 is 0 Å². The second-order valence-corrected chi connectivity index (χ2v) is 9.99. The number of sulfonamides is 1. The number of carbonyl (C=O) groups excluding carboxylic acids is 1. The molecule has 3 aromatic rings. The van der Waals surface area contributed by atoms with Crippen LogP contribution in [-0.2, 0) is 29.5 Å². The summed E-state index contributed by atoms with van der Waals surface area (Å²) in [6.07, 6.45) is 5.07. The minimum atomic E-state index is -3.25. The van der Waals surface area contributed by atoms with Crippen molar-refractivity contribution in [3.05, 3.63) is 95.3 Å². The zero-order valence-electron chi connectivity index (χ0n) is 18.1. The normalized spacial score (nSPS) is 15.0. The quantitative estimate of drug-likeness (QED) is 0.546. The summed E-state index contributed by atoms with van der Waals surface area (Å²) in [5, 5.41) is 0. The third-order valence-electron chi connectivity index (χ3n) is 5.69. The molecular formula is C25H27N3O3S. The molecule has 0 bridgehead atoms. The van der Waals surface area contributed by atoms with Gasteiger partial charge in [-0.3, -0.25) is 14.1 Å². The number of aromatic nitrogens is 1. The van der Waals surface area contributed by atoms with Crippen LogP contribution in [0.4, 0.5) is 5.69 Å². The molecule has 0 spiro atoms.